The molecule has 116 valence electrons. The van der Waals surface area contributed by atoms with Gasteiger partial charge in [0.1, 0.15) is 17.1 Å². The number of esters is 1. The number of amides is 1. The lowest BCUT2D eigenvalue weighted by molar-refractivity contribution is -0.119. The fraction of sp³-hybridized carbons (Fsp3) is 0.200. The van der Waals surface area contributed by atoms with E-state index in [0.29, 0.717) is 27.8 Å². The third-order valence-corrected chi connectivity index (χ3v) is 3.14. The molecule has 6 nitrogen and oxygen atoms in total. The number of carbonyl (C=O) groups is 2. The smallest absolute Gasteiger partial charge is 0.342 e. The van der Waals surface area contributed by atoms with Crippen LogP contribution in [-0.4, -0.2) is 25.6 Å². The van der Waals surface area contributed by atoms with E-state index in [-0.39, 0.29) is 0 Å². The van der Waals surface area contributed by atoms with Gasteiger partial charge in [0.25, 0.3) is 5.91 Å². The summed E-state index contributed by atoms with van der Waals surface area (Å²) in [7, 11) is 1.50. The van der Waals surface area contributed by atoms with Crippen molar-refractivity contribution in [1.29, 1.82) is 0 Å². The van der Waals surface area contributed by atoms with Gasteiger partial charge in [-0.25, -0.2) is 4.79 Å². The lowest BCUT2D eigenvalue weighted by Crippen LogP contribution is -2.21. The molecule has 0 atom stereocenters. The molecule has 2 rings (SSSR count). The molecule has 0 radical (unpaired) electrons. The maximum atomic E-state index is 11.8. The Hall–Kier alpha value is -2.47. The van der Waals surface area contributed by atoms with Crippen LogP contribution in [0.3, 0.4) is 0 Å². The number of carbonyl (C=O) groups excluding carboxylic acids is 2. The predicted molar refractivity (Wildman–Crippen MR) is 80.4 cm³/mol. The normalized spacial score (nSPS) is 10.1. The molecule has 1 N–H and O–H groups in total. The zero-order valence-electron chi connectivity index (χ0n) is 12.0. The van der Waals surface area contributed by atoms with Crippen molar-refractivity contribution in [2.45, 2.75) is 6.92 Å². The molecule has 0 saturated carbocycles. The zero-order chi connectivity index (χ0) is 16.1. The molecule has 7 heteroatoms. The van der Waals surface area contributed by atoms with Crippen LogP contribution in [0.4, 0.5) is 5.69 Å². The number of anilines is 1. The van der Waals surface area contributed by atoms with Crippen molar-refractivity contribution in [3.05, 3.63) is 46.9 Å². The van der Waals surface area contributed by atoms with Gasteiger partial charge < -0.3 is 19.2 Å². The minimum Gasteiger partial charge on any atom is -0.495 e. The third kappa shape index (κ3) is 3.79. The first-order valence-corrected chi connectivity index (χ1v) is 6.73. The van der Waals surface area contributed by atoms with E-state index in [1.54, 1.807) is 25.1 Å². The second-order valence-electron chi connectivity index (χ2n) is 4.36. The van der Waals surface area contributed by atoms with Crippen LogP contribution >= 0.6 is 11.6 Å². The Morgan fingerprint density at radius 1 is 1.32 bits per heavy atom. The fourth-order valence-corrected chi connectivity index (χ4v) is 2.00. The largest absolute Gasteiger partial charge is 0.495 e. The van der Waals surface area contributed by atoms with Gasteiger partial charge in [0, 0.05) is 5.69 Å². The maximum Gasteiger partial charge on any atom is 0.342 e. The third-order valence-electron chi connectivity index (χ3n) is 2.85. The summed E-state index contributed by atoms with van der Waals surface area (Å²) in [5.41, 5.74) is 0.770. The standard InChI is InChI=1S/C15H14ClNO5/c1-9-11(5-6-21-9)15(19)22-8-14(18)17-10-3-4-13(20-2)12(16)7-10/h3-7H,8H2,1-2H3,(H,17,18). The van der Waals surface area contributed by atoms with Crippen molar-refractivity contribution >= 4 is 29.2 Å². The molecule has 0 unspecified atom stereocenters. The molecule has 0 bridgehead atoms. The predicted octanol–water partition coefficient (Wildman–Crippen LogP) is 3.05. The van der Waals surface area contributed by atoms with Gasteiger partial charge in [-0.05, 0) is 31.2 Å². The van der Waals surface area contributed by atoms with Gasteiger partial charge >= 0.3 is 5.97 Å². The highest BCUT2D eigenvalue weighted by Crippen LogP contribution is 2.27. The second-order valence-corrected chi connectivity index (χ2v) is 4.77. The minimum absolute atomic E-state index is 0.292. The van der Waals surface area contributed by atoms with Gasteiger partial charge in [0.2, 0.25) is 0 Å². The van der Waals surface area contributed by atoms with Gasteiger partial charge in [-0.1, -0.05) is 11.6 Å². The Bertz CT molecular complexity index is 695. The number of aryl methyl sites for hydroxylation is 1. The van der Waals surface area contributed by atoms with Gasteiger partial charge in [-0.15, -0.1) is 0 Å². The SMILES string of the molecule is COc1ccc(NC(=O)COC(=O)c2ccoc2C)cc1Cl. The van der Waals surface area contributed by atoms with E-state index >= 15 is 0 Å². The van der Waals surface area contributed by atoms with Crippen LogP contribution in [0.2, 0.25) is 5.02 Å². The molecule has 0 spiro atoms. The van der Waals surface area contributed by atoms with Crippen LogP contribution < -0.4 is 10.1 Å². The van der Waals surface area contributed by atoms with E-state index in [1.807, 2.05) is 0 Å². The minimum atomic E-state index is -0.617. The summed E-state index contributed by atoms with van der Waals surface area (Å²) >= 11 is 5.95. The van der Waals surface area contributed by atoms with Crippen LogP contribution in [0.15, 0.2) is 34.9 Å². The van der Waals surface area contributed by atoms with Crippen molar-refractivity contribution in [2.75, 3.05) is 19.0 Å². The van der Waals surface area contributed by atoms with Crippen LogP contribution in [0.1, 0.15) is 16.1 Å². The molecule has 0 fully saturated rings. The molecule has 1 amide bonds. The average molecular weight is 324 g/mol. The summed E-state index contributed by atoms with van der Waals surface area (Å²) < 4.78 is 14.9. The fourth-order valence-electron chi connectivity index (χ4n) is 1.75. The van der Waals surface area contributed by atoms with Crippen LogP contribution in [-0.2, 0) is 9.53 Å². The van der Waals surface area contributed by atoms with E-state index in [2.05, 4.69) is 5.32 Å². The first-order valence-electron chi connectivity index (χ1n) is 6.36. The number of furan rings is 1. The molecular weight excluding hydrogens is 310 g/mol. The summed E-state index contributed by atoms with van der Waals surface area (Å²) in [6.07, 6.45) is 1.38. The Kier molecular flexibility index (Phi) is 5.06. The summed E-state index contributed by atoms with van der Waals surface area (Å²) in [6.45, 7) is 1.23. The van der Waals surface area contributed by atoms with Crippen molar-refractivity contribution < 1.29 is 23.5 Å². The molecule has 2 aromatic rings. The van der Waals surface area contributed by atoms with Crippen molar-refractivity contribution in [1.82, 2.24) is 0 Å². The number of ether oxygens (including phenoxy) is 2. The zero-order valence-corrected chi connectivity index (χ0v) is 12.8. The van der Waals surface area contributed by atoms with Gasteiger partial charge in [0.15, 0.2) is 6.61 Å². The molecule has 0 aliphatic rings. The first-order chi connectivity index (χ1) is 10.5. The van der Waals surface area contributed by atoms with Crippen LogP contribution in [0, 0.1) is 6.92 Å². The number of hydrogen-bond acceptors (Lipinski definition) is 5. The van der Waals surface area contributed by atoms with Gasteiger partial charge in [0.05, 0.1) is 18.4 Å². The van der Waals surface area contributed by atoms with Crippen molar-refractivity contribution in [3.8, 4) is 5.75 Å². The molecule has 1 aromatic carbocycles. The lowest BCUT2D eigenvalue weighted by Gasteiger charge is -2.08. The Morgan fingerprint density at radius 3 is 2.68 bits per heavy atom. The van der Waals surface area contributed by atoms with Crippen molar-refractivity contribution in [2.24, 2.45) is 0 Å². The monoisotopic (exact) mass is 323 g/mol. The highest BCUT2D eigenvalue weighted by molar-refractivity contribution is 6.32. The lowest BCUT2D eigenvalue weighted by atomic mass is 10.3. The van der Waals surface area contributed by atoms with E-state index in [4.69, 9.17) is 25.5 Å². The Balaban J connectivity index is 1.89. The van der Waals surface area contributed by atoms with Crippen molar-refractivity contribution in [3.63, 3.8) is 0 Å². The quantitative estimate of drug-likeness (QED) is 0.856. The summed E-state index contributed by atoms with van der Waals surface area (Å²) in [5, 5.41) is 2.94. The van der Waals surface area contributed by atoms with Gasteiger partial charge in [-0.2, -0.15) is 0 Å². The number of benzene rings is 1. The maximum absolute atomic E-state index is 11.8. The number of halogens is 1. The number of methoxy groups -OCH3 is 1. The van der Waals surface area contributed by atoms with E-state index in [1.165, 1.54) is 19.4 Å². The number of hydrogen-bond donors (Lipinski definition) is 1. The van der Waals surface area contributed by atoms with Crippen LogP contribution in [0.25, 0.3) is 0 Å². The van der Waals surface area contributed by atoms with E-state index in [9.17, 15) is 9.59 Å². The average Bonchev–Trinajstić information content (AvgIpc) is 2.91. The van der Waals surface area contributed by atoms with E-state index in [0.717, 1.165) is 0 Å². The topological polar surface area (TPSA) is 77.8 Å². The number of rotatable bonds is 5. The molecule has 1 aromatic heterocycles. The molecule has 0 aliphatic carbocycles. The summed E-state index contributed by atoms with van der Waals surface area (Å²) in [5.74, 6) is -0.154. The molecule has 22 heavy (non-hydrogen) atoms. The molecule has 0 aliphatic heterocycles. The summed E-state index contributed by atoms with van der Waals surface area (Å²) in [6, 6.07) is 6.28. The highest BCUT2D eigenvalue weighted by atomic mass is 35.5. The van der Waals surface area contributed by atoms with Gasteiger partial charge in [-0.3, -0.25) is 4.79 Å². The first kappa shape index (κ1) is 15.9. The Labute approximate surface area is 132 Å². The second kappa shape index (κ2) is 7.00. The van der Waals surface area contributed by atoms with Crippen LogP contribution in [0.5, 0.6) is 5.75 Å². The molecule has 0 saturated heterocycles. The van der Waals surface area contributed by atoms with E-state index < -0.39 is 18.5 Å². The number of nitrogens with one attached hydrogen (secondary N) is 1. The molecule has 1 heterocycles. The summed E-state index contributed by atoms with van der Waals surface area (Å²) in [4.78, 5) is 23.5. The molecular formula is C15H14ClNO5. The highest BCUT2D eigenvalue weighted by Gasteiger charge is 2.15. The Morgan fingerprint density at radius 2 is 2.09 bits per heavy atom.